The predicted molar refractivity (Wildman–Crippen MR) is 65.5 cm³/mol. The van der Waals surface area contributed by atoms with Crippen LogP contribution in [-0.2, 0) is 4.79 Å². The monoisotopic (exact) mass is 218 g/mol. The quantitative estimate of drug-likeness (QED) is 0.824. The number of amides is 1. The third-order valence-corrected chi connectivity index (χ3v) is 3.07. The van der Waals surface area contributed by atoms with E-state index in [2.05, 4.69) is 18.3 Å². The molecule has 1 amide bonds. The molecule has 3 heteroatoms. The summed E-state index contributed by atoms with van der Waals surface area (Å²) in [5.41, 5.74) is 2.30. The summed E-state index contributed by atoms with van der Waals surface area (Å²) in [7, 11) is 0. The lowest BCUT2D eigenvalue weighted by molar-refractivity contribution is -0.116. The number of hydrogen-bond donors (Lipinski definition) is 1. The molecular formula is C13H18N2O. The maximum Gasteiger partial charge on any atom is 0.223 e. The van der Waals surface area contributed by atoms with Gasteiger partial charge in [0, 0.05) is 25.2 Å². The standard InChI is InChI=1S/C13H18N2O/c1-3-14-12-8-9-15(10(2)16)13-7-5-4-6-11(12)13/h4-7,12,14H,3,8-9H2,1-2H3. The Labute approximate surface area is 96.5 Å². The molecule has 1 atom stereocenters. The van der Waals surface area contributed by atoms with Gasteiger partial charge in [0.1, 0.15) is 0 Å². The second kappa shape index (κ2) is 4.66. The number of nitrogens with zero attached hydrogens (tertiary/aromatic N) is 1. The third-order valence-electron chi connectivity index (χ3n) is 3.07. The fourth-order valence-corrected chi connectivity index (χ4v) is 2.35. The molecular weight excluding hydrogens is 200 g/mol. The average Bonchev–Trinajstić information content (AvgIpc) is 2.29. The molecule has 1 aromatic carbocycles. The van der Waals surface area contributed by atoms with Crippen molar-refractivity contribution in [1.82, 2.24) is 5.32 Å². The molecule has 1 heterocycles. The average molecular weight is 218 g/mol. The Morgan fingerprint density at radius 2 is 2.25 bits per heavy atom. The smallest absolute Gasteiger partial charge is 0.223 e. The molecule has 0 saturated carbocycles. The van der Waals surface area contributed by atoms with Gasteiger partial charge in [-0.25, -0.2) is 0 Å². The van der Waals surface area contributed by atoms with Crippen molar-refractivity contribution in [3.8, 4) is 0 Å². The summed E-state index contributed by atoms with van der Waals surface area (Å²) >= 11 is 0. The van der Waals surface area contributed by atoms with E-state index < -0.39 is 0 Å². The van der Waals surface area contributed by atoms with E-state index in [0.717, 1.165) is 25.2 Å². The van der Waals surface area contributed by atoms with Crippen molar-refractivity contribution in [2.24, 2.45) is 0 Å². The Bertz CT molecular complexity index is 389. The minimum atomic E-state index is 0.127. The first kappa shape index (κ1) is 11.1. The molecule has 0 spiro atoms. The summed E-state index contributed by atoms with van der Waals surface area (Å²) in [6, 6.07) is 8.55. The van der Waals surface area contributed by atoms with E-state index in [1.807, 2.05) is 23.1 Å². The second-order valence-electron chi connectivity index (χ2n) is 4.13. The highest BCUT2D eigenvalue weighted by atomic mass is 16.2. The summed E-state index contributed by atoms with van der Waals surface area (Å²) in [6.45, 7) is 5.51. The third kappa shape index (κ3) is 1.95. The minimum Gasteiger partial charge on any atom is -0.312 e. The number of para-hydroxylation sites is 1. The highest BCUT2D eigenvalue weighted by molar-refractivity contribution is 5.92. The Balaban J connectivity index is 2.36. The molecule has 3 nitrogen and oxygen atoms in total. The normalized spacial score (nSPS) is 19.4. The fourth-order valence-electron chi connectivity index (χ4n) is 2.35. The molecule has 2 rings (SSSR count). The van der Waals surface area contributed by atoms with E-state index >= 15 is 0 Å². The Hall–Kier alpha value is -1.35. The first-order chi connectivity index (χ1) is 7.74. The van der Waals surface area contributed by atoms with Crippen molar-refractivity contribution in [3.05, 3.63) is 29.8 Å². The van der Waals surface area contributed by atoms with Crippen molar-refractivity contribution in [3.63, 3.8) is 0 Å². The summed E-state index contributed by atoms with van der Waals surface area (Å²) in [4.78, 5) is 13.4. The van der Waals surface area contributed by atoms with Crippen molar-refractivity contribution in [2.75, 3.05) is 18.0 Å². The zero-order valence-electron chi connectivity index (χ0n) is 9.86. The lowest BCUT2D eigenvalue weighted by atomic mass is 9.96. The van der Waals surface area contributed by atoms with Crippen molar-refractivity contribution in [1.29, 1.82) is 0 Å². The number of nitrogens with one attached hydrogen (secondary N) is 1. The van der Waals surface area contributed by atoms with Crippen LogP contribution in [0.15, 0.2) is 24.3 Å². The molecule has 0 bridgehead atoms. The molecule has 0 fully saturated rings. The number of anilines is 1. The van der Waals surface area contributed by atoms with Crippen LogP contribution in [0.2, 0.25) is 0 Å². The Morgan fingerprint density at radius 1 is 1.50 bits per heavy atom. The number of benzene rings is 1. The second-order valence-corrected chi connectivity index (χ2v) is 4.13. The van der Waals surface area contributed by atoms with Gasteiger partial charge in [-0.3, -0.25) is 4.79 Å². The van der Waals surface area contributed by atoms with Crippen LogP contribution in [0.4, 0.5) is 5.69 Å². The summed E-state index contributed by atoms with van der Waals surface area (Å²) in [5.74, 6) is 0.127. The van der Waals surface area contributed by atoms with Gasteiger partial charge in [0.25, 0.3) is 0 Å². The van der Waals surface area contributed by atoms with E-state index in [9.17, 15) is 4.79 Å². The van der Waals surface area contributed by atoms with E-state index in [4.69, 9.17) is 0 Å². The largest absolute Gasteiger partial charge is 0.312 e. The molecule has 1 aliphatic heterocycles. The molecule has 1 N–H and O–H groups in total. The highest BCUT2D eigenvalue weighted by Gasteiger charge is 2.25. The molecule has 0 radical (unpaired) electrons. The number of rotatable bonds is 2. The zero-order valence-corrected chi connectivity index (χ0v) is 9.86. The maximum absolute atomic E-state index is 11.5. The molecule has 0 aliphatic carbocycles. The van der Waals surface area contributed by atoms with Crippen molar-refractivity contribution < 1.29 is 4.79 Å². The molecule has 0 saturated heterocycles. The van der Waals surface area contributed by atoms with Gasteiger partial charge in [0.05, 0.1) is 0 Å². The van der Waals surface area contributed by atoms with E-state index in [1.165, 1.54) is 5.56 Å². The predicted octanol–water partition coefficient (Wildman–Crippen LogP) is 2.09. The van der Waals surface area contributed by atoms with Gasteiger partial charge in [-0.05, 0) is 24.6 Å². The number of hydrogen-bond acceptors (Lipinski definition) is 2. The lowest BCUT2D eigenvalue weighted by Gasteiger charge is -2.34. The molecule has 16 heavy (non-hydrogen) atoms. The molecule has 0 aromatic heterocycles. The topological polar surface area (TPSA) is 32.3 Å². The summed E-state index contributed by atoms with van der Waals surface area (Å²) < 4.78 is 0. The van der Waals surface area contributed by atoms with Crippen LogP contribution in [-0.4, -0.2) is 19.0 Å². The van der Waals surface area contributed by atoms with Crippen LogP contribution < -0.4 is 10.2 Å². The fraction of sp³-hybridized carbons (Fsp3) is 0.462. The maximum atomic E-state index is 11.5. The Morgan fingerprint density at radius 3 is 2.94 bits per heavy atom. The zero-order chi connectivity index (χ0) is 11.5. The van der Waals surface area contributed by atoms with Gasteiger partial charge in [-0.1, -0.05) is 25.1 Å². The first-order valence-electron chi connectivity index (χ1n) is 5.84. The SMILES string of the molecule is CCNC1CCN(C(C)=O)c2ccccc21. The van der Waals surface area contributed by atoms with Gasteiger partial charge in [0.15, 0.2) is 0 Å². The van der Waals surface area contributed by atoms with Gasteiger partial charge in [-0.15, -0.1) is 0 Å². The van der Waals surface area contributed by atoms with Crippen LogP contribution >= 0.6 is 0 Å². The number of carbonyl (C=O) groups is 1. The van der Waals surface area contributed by atoms with E-state index in [1.54, 1.807) is 6.92 Å². The summed E-state index contributed by atoms with van der Waals surface area (Å²) in [5, 5.41) is 3.46. The molecule has 1 aliphatic rings. The van der Waals surface area contributed by atoms with Crippen LogP contribution in [0.25, 0.3) is 0 Å². The summed E-state index contributed by atoms with van der Waals surface area (Å²) in [6.07, 6.45) is 0.991. The van der Waals surface area contributed by atoms with Gasteiger partial charge in [0.2, 0.25) is 5.91 Å². The van der Waals surface area contributed by atoms with Crippen molar-refractivity contribution in [2.45, 2.75) is 26.3 Å². The van der Waals surface area contributed by atoms with Gasteiger partial charge < -0.3 is 10.2 Å². The molecule has 1 unspecified atom stereocenters. The molecule has 86 valence electrons. The van der Waals surface area contributed by atoms with E-state index in [0.29, 0.717) is 6.04 Å². The molecule has 1 aromatic rings. The minimum absolute atomic E-state index is 0.127. The van der Waals surface area contributed by atoms with Crippen molar-refractivity contribution >= 4 is 11.6 Å². The van der Waals surface area contributed by atoms with Crippen LogP contribution in [0.1, 0.15) is 31.9 Å². The van der Waals surface area contributed by atoms with Gasteiger partial charge in [-0.2, -0.15) is 0 Å². The Kier molecular flexibility index (Phi) is 3.25. The van der Waals surface area contributed by atoms with Crippen LogP contribution in [0, 0.1) is 0 Å². The lowest BCUT2D eigenvalue weighted by Crippen LogP contribution is -2.38. The van der Waals surface area contributed by atoms with E-state index in [-0.39, 0.29) is 5.91 Å². The highest BCUT2D eigenvalue weighted by Crippen LogP contribution is 2.33. The van der Waals surface area contributed by atoms with Crippen LogP contribution in [0.5, 0.6) is 0 Å². The number of fused-ring (bicyclic) bond motifs is 1. The van der Waals surface area contributed by atoms with Gasteiger partial charge >= 0.3 is 0 Å². The number of carbonyl (C=O) groups excluding carboxylic acids is 1. The van der Waals surface area contributed by atoms with Crippen LogP contribution in [0.3, 0.4) is 0 Å². The first-order valence-corrected chi connectivity index (χ1v) is 5.84.